The summed E-state index contributed by atoms with van der Waals surface area (Å²) >= 11 is 0. The molecule has 0 atom stereocenters. The lowest BCUT2D eigenvalue weighted by Crippen LogP contribution is -2.46. The molecular weight excluding hydrogens is 432 g/mol. The summed E-state index contributed by atoms with van der Waals surface area (Å²) in [6.07, 6.45) is -0.699. The molecule has 3 N–H and O–H groups in total. The van der Waals surface area contributed by atoms with Crippen molar-refractivity contribution in [2.24, 2.45) is 5.41 Å². The number of hydrogen-bond donors (Lipinski definition) is 3. The van der Waals surface area contributed by atoms with Crippen LogP contribution >= 0.6 is 15.2 Å². The number of rotatable bonds is 8. The Labute approximate surface area is 179 Å². The van der Waals surface area contributed by atoms with Crippen molar-refractivity contribution >= 4 is 21.3 Å². The molecule has 1 aromatic rings. The van der Waals surface area contributed by atoms with Gasteiger partial charge in [0.15, 0.2) is 0 Å². The van der Waals surface area contributed by atoms with Crippen molar-refractivity contribution < 1.29 is 37.5 Å². The maximum absolute atomic E-state index is 11.5. The molecule has 0 bridgehead atoms. The Kier molecular flexibility index (Phi) is 11.5. The first-order valence-electron chi connectivity index (χ1n) is 9.25. The smallest absolute Gasteiger partial charge is 0.407 e. The van der Waals surface area contributed by atoms with Gasteiger partial charge in [0.1, 0.15) is 6.61 Å². The number of nitrogens with one attached hydrogen (secondary N) is 1. The molecule has 11 heteroatoms. The molecule has 0 fully saturated rings. The average Bonchev–Trinajstić information content (AvgIpc) is 2.57. The number of carbonyl (C=O) groups excluding carboxylic acids is 1. The molecule has 0 aromatic heterocycles. The summed E-state index contributed by atoms with van der Waals surface area (Å²) in [5, 5.41) is 2.43. The zero-order valence-electron chi connectivity index (χ0n) is 18.7. The molecule has 1 aromatic carbocycles. The predicted octanol–water partition coefficient (Wildman–Crippen LogP) is 4.39. The Morgan fingerprint density at radius 3 is 1.83 bits per heavy atom. The first-order valence-corrected chi connectivity index (χ1v) is 12.8. The highest BCUT2D eigenvalue weighted by atomic mass is 31.2. The largest absolute Gasteiger partial charge is 0.445 e. The van der Waals surface area contributed by atoms with Gasteiger partial charge in [-0.1, -0.05) is 51.1 Å². The van der Waals surface area contributed by atoms with E-state index >= 15 is 0 Å². The summed E-state index contributed by atoms with van der Waals surface area (Å²) in [4.78, 5) is 29.3. The lowest BCUT2D eigenvalue weighted by Gasteiger charge is -2.25. The van der Waals surface area contributed by atoms with E-state index in [4.69, 9.17) is 23.6 Å². The highest BCUT2D eigenvalue weighted by molar-refractivity contribution is 7.53. The highest BCUT2D eigenvalue weighted by Gasteiger charge is 2.30. The van der Waals surface area contributed by atoms with Gasteiger partial charge in [-0.25, -0.2) is 4.79 Å². The third-order valence-corrected chi connectivity index (χ3v) is 7.13. The third kappa shape index (κ3) is 14.7. The third-order valence-electron chi connectivity index (χ3n) is 3.48. The van der Waals surface area contributed by atoms with Crippen molar-refractivity contribution in [3.8, 4) is 0 Å². The number of hydrogen-bond acceptors (Lipinski definition) is 6. The quantitative estimate of drug-likeness (QED) is 0.480. The molecule has 0 aliphatic rings. The van der Waals surface area contributed by atoms with E-state index < -0.39 is 33.0 Å². The zero-order chi connectivity index (χ0) is 23.6. The zero-order valence-corrected chi connectivity index (χ0v) is 20.5. The van der Waals surface area contributed by atoms with E-state index in [-0.39, 0.29) is 12.0 Å². The summed E-state index contributed by atoms with van der Waals surface area (Å²) in [6.45, 7) is 9.15. The SMILES string of the molecule is CC(C)(CP(=O)(O)O)NC(=O)OCc1ccccc1.COP(=O)(CC(C)(C)C)OC. The van der Waals surface area contributed by atoms with E-state index in [1.807, 2.05) is 51.1 Å². The summed E-state index contributed by atoms with van der Waals surface area (Å²) in [6, 6.07) is 9.14. The lowest BCUT2D eigenvalue weighted by atomic mass is 10.0. The monoisotopic (exact) mass is 467 g/mol. The van der Waals surface area contributed by atoms with Gasteiger partial charge < -0.3 is 28.9 Å². The number of benzene rings is 1. The van der Waals surface area contributed by atoms with Gasteiger partial charge in [0.05, 0.1) is 12.3 Å². The van der Waals surface area contributed by atoms with Gasteiger partial charge in [-0.15, -0.1) is 0 Å². The van der Waals surface area contributed by atoms with Crippen molar-refractivity contribution in [2.45, 2.75) is 46.8 Å². The molecule has 1 rings (SSSR count). The fourth-order valence-electron chi connectivity index (χ4n) is 2.37. The minimum atomic E-state index is -4.19. The summed E-state index contributed by atoms with van der Waals surface area (Å²) < 4.78 is 37.0. The van der Waals surface area contributed by atoms with Crippen LogP contribution in [0.1, 0.15) is 40.2 Å². The second-order valence-corrected chi connectivity index (χ2v) is 12.5. The Bertz CT molecular complexity index is 733. The van der Waals surface area contributed by atoms with Gasteiger partial charge in [-0.3, -0.25) is 9.13 Å². The standard InChI is InChI=1S/C12H18NO5P.C7H17O3P/c1-12(2,9-19(15,16)17)13-11(14)18-8-10-6-4-3-5-7-10;1-7(2,3)6-11(8,9-4)10-5/h3-7H,8-9H2,1-2H3,(H,13,14)(H2,15,16,17);6H2,1-5H3. The molecule has 1 amide bonds. The van der Waals surface area contributed by atoms with Gasteiger partial charge in [-0.2, -0.15) is 0 Å². The maximum Gasteiger partial charge on any atom is 0.407 e. The molecule has 0 unspecified atom stereocenters. The van der Waals surface area contributed by atoms with E-state index in [1.54, 1.807) is 0 Å². The second kappa shape index (κ2) is 12.0. The highest BCUT2D eigenvalue weighted by Crippen LogP contribution is 2.50. The normalized spacial score (nSPS) is 12.6. The van der Waals surface area contributed by atoms with Crippen molar-refractivity contribution in [2.75, 3.05) is 26.5 Å². The van der Waals surface area contributed by atoms with Gasteiger partial charge in [0, 0.05) is 19.8 Å². The molecule has 174 valence electrons. The molecule has 0 aliphatic heterocycles. The van der Waals surface area contributed by atoms with E-state index in [0.717, 1.165) is 5.56 Å². The van der Waals surface area contributed by atoms with Crippen molar-refractivity contribution in [3.63, 3.8) is 0 Å². The Balaban J connectivity index is 0.000000654. The van der Waals surface area contributed by atoms with Crippen LogP contribution in [0.2, 0.25) is 0 Å². The van der Waals surface area contributed by atoms with Gasteiger partial charge in [0.25, 0.3) is 0 Å². The van der Waals surface area contributed by atoms with Crippen LogP contribution in [0.25, 0.3) is 0 Å². The molecule has 0 aliphatic carbocycles. The average molecular weight is 467 g/mol. The maximum atomic E-state index is 11.5. The van der Waals surface area contributed by atoms with E-state index in [1.165, 1.54) is 28.1 Å². The minimum Gasteiger partial charge on any atom is -0.445 e. The molecular formula is C19H35NO8P2. The van der Waals surface area contributed by atoms with Crippen LogP contribution < -0.4 is 5.32 Å². The molecule has 30 heavy (non-hydrogen) atoms. The van der Waals surface area contributed by atoms with Crippen molar-refractivity contribution in [1.82, 2.24) is 5.32 Å². The first kappa shape index (κ1) is 28.8. The Hall–Kier alpha value is -1.21. The molecule has 0 spiro atoms. The van der Waals surface area contributed by atoms with Gasteiger partial charge in [0.2, 0.25) is 0 Å². The van der Waals surface area contributed by atoms with Crippen LogP contribution in [-0.2, 0) is 29.5 Å². The van der Waals surface area contributed by atoms with Crippen LogP contribution in [0.15, 0.2) is 30.3 Å². The summed E-state index contributed by atoms with van der Waals surface area (Å²) in [7, 11) is -4.17. The van der Waals surface area contributed by atoms with E-state index in [2.05, 4.69) is 5.32 Å². The molecule has 0 saturated heterocycles. The number of alkyl carbamates (subject to hydrolysis) is 1. The molecule has 0 heterocycles. The summed E-state index contributed by atoms with van der Waals surface area (Å²) in [5.74, 6) is 0. The predicted molar refractivity (Wildman–Crippen MR) is 117 cm³/mol. The second-order valence-electron chi connectivity index (χ2n) is 8.59. The number of amides is 1. The number of carbonyl (C=O) groups is 1. The molecule has 0 saturated carbocycles. The number of ether oxygens (including phenoxy) is 1. The fraction of sp³-hybridized carbons (Fsp3) is 0.632. The summed E-state index contributed by atoms with van der Waals surface area (Å²) in [5.41, 5.74) is -0.223. The lowest BCUT2D eigenvalue weighted by molar-refractivity contribution is 0.131. The van der Waals surface area contributed by atoms with Crippen LogP contribution in [0.3, 0.4) is 0 Å². The Morgan fingerprint density at radius 1 is 0.967 bits per heavy atom. The Morgan fingerprint density at radius 2 is 1.47 bits per heavy atom. The van der Waals surface area contributed by atoms with Crippen LogP contribution in [0, 0.1) is 5.41 Å². The fourth-order valence-corrected chi connectivity index (χ4v) is 5.05. The van der Waals surface area contributed by atoms with E-state index in [9.17, 15) is 13.9 Å². The minimum absolute atomic E-state index is 0.0262. The molecule has 0 radical (unpaired) electrons. The van der Waals surface area contributed by atoms with Gasteiger partial charge >= 0.3 is 21.3 Å². The van der Waals surface area contributed by atoms with Crippen LogP contribution in [0.5, 0.6) is 0 Å². The van der Waals surface area contributed by atoms with Gasteiger partial charge in [-0.05, 0) is 24.8 Å². The van der Waals surface area contributed by atoms with Crippen molar-refractivity contribution in [1.29, 1.82) is 0 Å². The van der Waals surface area contributed by atoms with Crippen LogP contribution in [0.4, 0.5) is 4.79 Å². The molecule has 9 nitrogen and oxygen atoms in total. The van der Waals surface area contributed by atoms with Crippen LogP contribution in [-0.4, -0.2) is 48.0 Å². The topological polar surface area (TPSA) is 131 Å². The van der Waals surface area contributed by atoms with E-state index in [0.29, 0.717) is 6.16 Å². The van der Waals surface area contributed by atoms with Crippen molar-refractivity contribution in [3.05, 3.63) is 35.9 Å². The first-order chi connectivity index (χ1) is 13.5.